The smallest absolute Gasteiger partial charge is 0.323 e. The van der Waals surface area contributed by atoms with Gasteiger partial charge in [0.1, 0.15) is 11.8 Å². The van der Waals surface area contributed by atoms with Gasteiger partial charge in [-0.2, -0.15) is 4.72 Å². The van der Waals surface area contributed by atoms with E-state index in [4.69, 9.17) is 9.47 Å². The summed E-state index contributed by atoms with van der Waals surface area (Å²) in [6, 6.07) is 5.03. The first-order valence-electron chi connectivity index (χ1n) is 6.32. The number of esters is 1. The molecule has 0 spiro atoms. The second-order valence-corrected chi connectivity index (χ2v) is 5.71. The molecule has 7 heteroatoms. The largest absolute Gasteiger partial charge is 0.494 e. The molecule has 1 aromatic carbocycles. The molecule has 1 unspecified atom stereocenters. The Hall–Kier alpha value is -1.60. The first-order valence-corrected chi connectivity index (χ1v) is 7.80. The first kappa shape index (κ1) is 16.5. The van der Waals surface area contributed by atoms with E-state index in [1.165, 1.54) is 19.1 Å². The van der Waals surface area contributed by atoms with Crippen LogP contribution in [0, 0.1) is 0 Å². The SMILES string of the molecule is CCOC(=O)C(C)NS(=O)(=O)c1ccc(OCC)cc1. The molecule has 0 heterocycles. The third-order valence-electron chi connectivity index (χ3n) is 2.42. The molecular weight excluding hydrogens is 282 g/mol. The summed E-state index contributed by atoms with van der Waals surface area (Å²) in [5.41, 5.74) is 0. The molecule has 6 nitrogen and oxygen atoms in total. The van der Waals surface area contributed by atoms with Crippen LogP contribution in [0.15, 0.2) is 29.2 Å². The van der Waals surface area contributed by atoms with Gasteiger partial charge in [-0.3, -0.25) is 4.79 Å². The van der Waals surface area contributed by atoms with E-state index in [9.17, 15) is 13.2 Å². The van der Waals surface area contributed by atoms with E-state index in [-0.39, 0.29) is 11.5 Å². The van der Waals surface area contributed by atoms with Crippen LogP contribution in [0.1, 0.15) is 20.8 Å². The number of benzene rings is 1. The van der Waals surface area contributed by atoms with Crippen molar-refractivity contribution in [2.75, 3.05) is 13.2 Å². The Bertz CT molecular complexity index is 538. The molecule has 0 aromatic heterocycles. The lowest BCUT2D eigenvalue weighted by Gasteiger charge is -2.13. The molecule has 0 fully saturated rings. The van der Waals surface area contributed by atoms with Crippen LogP contribution in [-0.4, -0.2) is 33.6 Å². The molecule has 0 amide bonds. The Kier molecular flexibility index (Phi) is 5.97. The Morgan fingerprint density at radius 1 is 1.20 bits per heavy atom. The number of nitrogens with one attached hydrogen (secondary N) is 1. The van der Waals surface area contributed by atoms with Gasteiger partial charge in [0.25, 0.3) is 0 Å². The van der Waals surface area contributed by atoms with Gasteiger partial charge in [-0.05, 0) is 45.0 Å². The van der Waals surface area contributed by atoms with Gasteiger partial charge < -0.3 is 9.47 Å². The number of hydrogen-bond acceptors (Lipinski definition) is 5. The predicted molar refractivity (Wildman–Crippen MR) is 74.0 cm³/mol. The van der Waals surface area contributed by atoms with Gasteiger partial charge in [0.05, 0.1) is 18.1 Å². The monoisotopic (exact) mass is 301 g/mol. The Morgan fingerprint density at radius 3 is 2.30 bits per heavy atom. The van der Waals surface area contributed by atoms with E-state index in [1.807, 2.05) is 6.92 Å². The third-order valence-corrected chi connectivity index (χ3v) is 3.97. The molecule has 0 aliphatic heterocycles. The summed E-state index contributed by atoms with van der Waals surface area (Å²) in [6.45, 7) is 5.64. The van der Waals surface area contributed by atoms with E-state index in [2.05, 4.69) is 4.72 Å². The number of carbonyl (C=O) groups excluding carboxylic acids is 1. The highest BCUT2D eigenvalue weighted by molar-refractivity contribution is 7.89. The van der Waals surface area contributed by atoms with Crippen LogP contribution in [0.5, 0.6) is 5.75 Å². The molecule has 0 radical (unpaired) electrons. The zero-order chi connectivity index (χ0) is 15.2. The van der Waals surface area contributed by atoms with Gasteiger partial charge in [-0.1, -0.05) is 0 Å². The molecule has 1 N–H and O–H groups in total. The Balaban J connectivity index is 2.80. The van der Waals surface area contributed by atoms with Crippen molar-refractivity contribution < 1.29 is 22.7 Å². The van der Waals surface area contributed by atoms with Crippen LogP contribution >= 0.6 is 0 Å². The lowest BCUT2D eigenvalue weighted by Crippen LogP contribution is -2.39. The molecule has 0 aliphatic carbocycles. The lowest BCUT2D eigenvalue weighted by molar-refractivity contribution is -0.144. The van der Waals surface area contributed by atoms with Crippen LogP contribution < -0.4 is 9.46 Å². The molecule has 1 atom stereocenters. The first-order chi connectivity index (χ1) is 9.40. The maximum absolute atomic E-state index is 12.1. The summed E-state index contributed by atoms with van der Waals surface area (Å²) >= 11 is 0. The fourth-order valence-corrected chi connectivity index (χ4v) is 2.69. The minimum Gasteiger partial charge on any atom is -0.494 e. The summed E-state index contributed by atoms with van der Waals surface area (Å²) in [6.07, 6.45) is 0. The zero-order valence-corrected chi connectivity index (χ0v) is 12.6. The maximum Gasteiger partial charge on any atom is 0.323 e. The minimum atomic E-state index is -3.76. The molecule has 0 bridgehead atoms. The highest BCUT2D eigenvalue weighted by atomic mass is 32.2. The van der Waals surface area contributed by atoms with Crippen molar-refractivity contribution in [2.24, 2.45) is 0 Å². The summed E-state index contributed by atoms with van der Waals surface area (Å²) in [4.78, 5) is 11.5. The molecule has 1 rings (SSSR count). The fraction of sp³-hybridized carbons (Fsp3) is 0.462. The molecule has 0 saturated carbocycles. The average Bonchev–Trinajstić information content (AvgIpc) is 2.39. The number of rotatable bonds is 7. The van der Waals surface area contributed by atoms with Crippen molar-refractivity contribution in [1.82, 2.24) is 4.72 Å². The van der Waals surface area contributed by atoms with Gasteiger partial charge in [0.2, 0.25) is 10.0 Å². The summed E-state index contributed by atoms with van der Waals surface area (Å²) in [7, 11) is -3.76. The van der Waals surface area contributed by atoms with Crippen molar-refractivity contribution in [3.05, 3.63) is 24.3 Å². The Labute approximate surface area is 119 Å². The van der Waals surface area contributed by atoms with Crippen molar-refractivity contribution >= 4 is 16.0 Å². The quantitative estimate of drug-likeness (QED) is 0.768. The van der Waals surface area contributed by atoms with Crippen LogP contribution in [0.4, 0.5) is 0 Å². The van der Waals surface area contributed by atoms with Gasteiger partial charge >= 0.3 is 5.97 Å². The number of ether oxygens (including phenoxy) is 2. The van der Waals surface area contributed by atoms with Crippen molar-refractivity contribution in [3.8, 4) is 5.75 Å². The van der Waals surface area contributed by atoms with Gasteiger partial charge in [-0.25, -0.2) is 8.42 Å². The summed E-state index contributed by atoms with van der Waals surface area (Å²) in [5.74, 6) is -0.0214. The molecule has 1 aromatic rings. The van der Waals surface area contributed by atoms with Crippen molar-refractivity contribution in [3.63, 3.8) is 0 Å². The van der Waals surface area contributed by atoms with Crippen LogP contribution in [0.25, 0.3) is 0 Å². The number of sulfonamides is 1. The van der Waals surface area contributed by atoms with E-state index >= 15 is 0 Å². The van der Waals surface area contributed by atoms with E-state index in [0.717, 1.165) is 0 Å². The lowest BCUT2D eigenvalue weighted by atomic mass is 10.3. The number of carbonyl (C=O) groups is 1. The highest BCUT2D eigenvalue weighted by Gasteiger charge is 2.22. The molecular formula is C13H19NO5S. The highest BCUT2D eigenvalue weighted by Crippen LogP contribution is 2.16. The molecule has 0 aliphatic rings. The standard InChI is InChI=1S/C13H19NO5S/c1-4-18-11-6-8-12(9-7-11)20(16,17)14-10(3)13(15)19-5-2/h6-10,14H,4-5H2,1-3H3. The van der Waals surface area contributed by atoms with E-state index in [0.29, 0.717) is 12.4 Å². The minimum absolute atomic E-state index is 0.0668. The topological polar surface area (TPSA) is 81.7 Å². The summed E-state index contributed by atoms with van der Waals surface area (Å²) < 4.78 is 36.4. The zero-order valence-electron chi connectivity index (χ0n) is 11.8. The van der Waals surface area contributed by atoms with Gasteiger partial charge in [0.15, 0.2) is 0 Å². The molecule has 112 valence electrons. The van der Waals surface area contributed by atoms with E-state index in [1.54, 1.807) is 19.1 Å². The fourth-order valence-electron chi connectivity index (χ4n) is 1.50. The average molecular weight is 301 g/mol. The maximum atomic E-state index is 12.1. The Morgan fingerprint density at radius 2 is 1.80 bits per heavy atom. The van der Waals surface area contributed by atoms with Gasteiger partial charge in [-0.15, -0.1) is 0 Å². The number of hydrogen-bond donors (Lipinski definition) is 1. The second kappa shape index (κ2) is 7.25. The molecule has 0 saturated heterocycles. The third kappa shape index (κ3) is 4.50. The van der Waals surface area contributed by atoms with Gasteiger partial charge in [0, 0.05) is 0 Å². The second-order valence-electron chi connectivity index (χ2n) is 4.00. The normalized spacial score (nSPS) is 12.8. The summed E-state index contributed by atoms with van der Waals surface area (Å²) in [5, 5.41) is 0. The van der Waals surface area contributed by atoms with Crippen LogP contribution in [0.2, 0.25) is 0 Å². The molecule has 20 heavy (non-hydrogen) atoms. The van der Waals surface area contributed by atoms with E-state index < -0.39 is 22.0 Å². The van der Waals surface area contributed by atoms with Crippen molar-refractivity contribution in [1.29, 1.82) is 0 Å². The van der Waals surface area contributed by atoms with Crippen LogP contribution in [-0.2, 0) is 19.6 Å². The predicted octanol–water partition coefficient (Wildman–Crippen LogP) is 1.32. The van der Waals surface area contributed by atoms with Crippen LogP contribution in [0.3, 0.4) is 0 Å². The van der Waals surface area contributed by atoms with Crippen molar-refractivity contribution in [2.45, 2.75) is 31.7 Å².